The van der Waals surface area contributed by atoms with Gasteiger partial charge in [0.1, 0.15) is 5.69 Å². The van der Waals surface area contributed by atoms with Gasteiger partial charge < -0.3 is 14.8 Å². The van der Waals surface area contributed by atoms with E-state index in [0.717, 1.165) is 28.1 Å². The van der Waals surface area contributed by atoms with E-state index in [0.29, 0.717) is 36.7 Å². The van der Waals surface area contributed by atoms with Gasteiger partial charge in [0.2, 0.25) is 0 Å². The molecule has 0 atom stereocenters. The molecule has 8 nitrogen and oxygen atoms in total. The van der Waals surface area contributed by atoms with Gasteiger partial charge in [-0.1, -0.05) is 36.4 Å². The number of rotatable bonds is 5. The summed E-state index contributed by atoms with van der Waals surface area (Å²) in [6.45, 7) is 1.22. The molecule has 38 heavy (non-hydrogen) atoms. The highest BCUT2D eigenvalue weighted by Crippen LogP contribution is 2.30. The Morgan fingerprint density at radius 1 is 0.816 bits per heavy atom. The van der Waals surface area contributed by atoms with Crippen LogP contribution in [0, 0.1) is 0 Å². The molecule has 4 heterocycles. The summed E-state index contributed by atoms with van der Waals surface area (Å²) in [5.74, 6) is 0.324. The topological polar surface area (TPSA) is 93.0 Å². The number of pyridine rings is 1. The number of anilines is 1. The van der Waals surface area contributed by atoms with Crippen LogP contribution in [-0.4, -0.2) is 31.3 Å². The van der Waals surface area contributed by atoms with Gasteiger partial charge in [0.15, 0.2) is 5.82 Å². The predicted molar refractivity (Wildman–Crippen MR) is 143 cm³/mol. The molecule has 6 rings (SSSR count). The zero-order valence-electron chi connectivity index (χ0n) is 20.5. The molecule has 186 valence electrons. The molecule has 0 aliphatic carbocycles. The third kappa shape index (κ3) is 4.55. The summed E-state index contributed by atoms with van der Waals surface area (Å²) in [6.07, 6.45) is 6.82. The number of carbonyl (C=O) groups is 2. The van der Waals surface area contributed by atoms with Crippen molar-refractivity contribution in [3.8, 4) is 11.4 Å². The van der Waals surface area contributed by atoms with E-state index in [9.17, 15) is 9.59 Å². The molecule has 0 saturated carbocycles. The summed E-state index contributed by atoms with van der Waals surface area (Å²) in [5, 5.41) is 2.98. The maximum absolute atomic E-state index is 13.8. The zero-order chi connectivity index (χ0) is 25.9. The lowest BCUT2D eigenvalue weighted by atomic mass is 10.1. The third-order valence-corrected chi connectivity index (χ3v) is 6.61. The Morgan fingerprint density at radius 2 is 1.63 bits per heavy atom. The highest BCUT2D eigenvalue weighted by atomic mass is 16.2. The van der Waals surface area contributed by atoms with Crippen LogP contribution in [-0.2, 0) is 19.6 Å². The molecular formula is C30H24N6O2. The van der Waals surface area contributed by atoms with Crippen LogP contribution in [0.5, 0.6) is 0 Å². The number of fused-ring (bicyclic) bond motifs is 2. The number of amides is 2. The normalized spacial score (nSPS) is 12.3. The number of carbonyl (C=O) groups excluding carboxylic acids is 2. The van der Waals surface area contributed by atoms with Crippen molar-refractivity contribution in [1.82, 2.24) is 24.8 Å². The minimum absolute atomic E-state index is 0.116. The lowest BCUT2D eigenvalue weighted by molar-refractivity contribution is 0.0941. The average Bonchev–Trinajstić information content (AvgIpc) is 3.29. The van der Waals surface area contributed by atoms with E-state index in [1.165, 1.54) is 0 Å². The lowest BCUT2D eigenvalue weighted by Gasteiger charge is -2.23. The maximum atomic E-state index is 13.8. The van der Waals surface area contributed by atoms with E-state index < -0.39 is 0 Å². The van der Waals surface area contributed by atoms with Gasteiger partial charge in [0, 0.05) is 53.8 Å². The first-order valence-electron chi connectivity index (χ1n) is 12.3. The highest BCUT2D eigenvalue weighted by molar-refractivity contribution is 6.06. The van der Waals surface area contributed by atoms with E-state index in [4.69, 9.17) is 0 Å². The van der Waals surface area contributed by atoms with E-state index in [-0.39, 0.29) is 11.8 Å². The van der Waals surface area contributed by atoms with Crippen molar-refractivity contribution in [1.29, 1.82) is 0 Å². The Hall–Kier alpha value is -5.11. The molecule has 1 aliphatic rings. The van der Waals surface area contributed by atoms with Crippen LogP contribution >= 0.6 is 0 Å². The number of hydrogen-bond donors (Lipinski definition) is 1. The molecule has 5 aromatic rings. The summed E-state index contributed by atoms with van der Waals surface area (Å²) in [6, 6.07) is 24.4. The standard InChI is InChI=1S/C30H24N6O2/c37-29(34-18-21-5-3-14-31-17-21)27-13-12-25-20-36(26-7-2-1-6-24(26)19-35(25)27)30(38)23-10-8-22(9-11-23)28-32-15-4-16-33-28/h1-17H,18-20H2,(H,34,37). The van der Waals surface area contributed by atoms with Crippen LogP contribution in [0.2, 0.25) is 0 Å². The summed E-state index contributed by atoms with van der Waals surface area (Å²) < 4.78 is 1.99. The number of nitrogens with zero attached hydrogens (tertiary/aromatic N) is 5. The Morgan fingerprint density at radius 3 is 2.42 bits per heavy atom. The second-order valence-electron chi connectivity index (χ2n) is 9.01. The monoisotopic (exact) mass is 500 g/mol. The van der Waals surface area contributed by atoms with Crippen molar-refractivity contribution in [3.63, 3.8) is 0 Å². The van der Waals surface area contributed by atoms with Crippen LogP contribution in [0.3, 0.4) is 0 Å². The number of nitrogens with one attached hydrogen (secondary N) is 1. The van der Waals surface area contributed by atoms with Gasteiger partial charge in [-0.3, -0.25) is 14.6 Å². The van der Waals surface area contributed by atoms with Crippen molar-refractivity contribution < 1.29 is 9.59 Å². The molecule has 1 N–H and O–H groups in total. The maximum Gasteiger partial charge on any atom is 0.268 e. The molecule has 0 bridgehead atoms. The number of hydrogen-bond acceptors (Lipinski definition) is 5. The first-order chi connectivity index (χ1) is 18.7. The van der Waals surface area contributed by atoms with E-state index in [1.807, 2.05) is 65.2 Å². The molecular weight excluding hydrogens is 476 g/mol. The molecule has 0 unspecified atom stereocenters. The van der Waals surface area contributed by atoms with E-state index in [1.54, 1.807) is 47.9 Å². The van der Waals surface area contributed by atoms with Gasteiger partial charge in [-0.05, 0) is 53.6 Å². The van der Waals surface area contributed by atoms with Crippen molar-refractivity contribution in [2.45, 2.75) is 19.6 Å². The summed E-state index contributed by atoms with van der Waals surface area (Å²) in [5.41, 5.74) is 5.57. The van der Waals surface area contributed by atoms with Gasteiger partial charge >= 0.3 is 0 Å². The number of benzene rings is 2. The van der Waals surface area contributed by atoms with Crippen LogP contribution in [0.15, 0.2) is 104 Å². The highest BCUT2D eigenvalue weighted by Gasteiger charge is 2.27. The Bertz CT molecular complexity index is 1600. The number of aromatic nitrogens is 4. The van der Waals surface area contributed by atoms with Crippen molar-refractivity contribution in [2.24, 2.45) is 0 Å². The van der Waals surface area contributed by atoms with Crippen LogP contribution < -0.4 is 10.2 Å². The second kappa shape index (κ2) is 10.1. The van der Waals surface area contributed by atoms with Crippen LogP contribution in [0.1, 0.15) is 37.7 Å². The largest absolute Gasteiger partial charge is 0.347 e. The van der Waals surface area contributed by atoms with Crippen molar-refractivity contribution in [2.75, 3.05) is 4.90 Å². The van der Waals surface area contributed by atoms with Crippen molar-refractivity contribution >= 4 is 17.5 Å². The molecule has 0 saturated heterocycles. The molecule has 2 aromatic carbocycles. The summed E-state index contributed by atoms with van der Waals surface area (Å²) in [7, 11) is 0. The third-order valence-electron chi connectivity index (χ3n) is 6.61. The Balaban J connectivity index is 1.28. The fourth-order valence-electron chi connectivity index (χ4n) is 4.68. The second-order valence-corrected chi connectivity index (χ2v) is 9.01. The molecule has 0 radical (unpaired) electrons. The zero-order valence-corrected chi connectivity index (χ0v) is 20.5. The van der Waals surface area contributed by atoms with E-state index >= 15 is 0 Å². The SMILES string of the molecule is O=C(NCc1cccnc1)c1ccc2n1Cc1ccccc1N(C(=O)c1ccc(-c3ncccn3)cc1)C2. The van der Waals surface area contributed by atoms with Gasteiger partial charge in [-0.25, -0.2) is 9.97 Å². The molecule has 8 heteroatoms. The van der Waals surface area contributed by atoms with Gasteiger partial charge in [-0.15, -0.1) is 0 Å². The Labute approximate surface area is 219 Å². The molecule has 2 amide bonds. The minimum Gasteiger partial charge on any atom is -0.347 e. The Kier molecular flexibility index (Phi) is 6.19. The van der Waals surface area contributed by atoms with Gasteiger partial charge in [0.05, 0.1) is 13.1 Å². The fourth-order valence-corrected chi connectivity index (χ4v) is 4.68. The fraction of sp³-hybridized carbons (Fsp3) is 0.100. The quantitative estimate of drug-likeness (QED) is 0.384. The van der Waals surface area contributed by atoms with Crippen molar-refractivity contribution in [3.05, 3.63) is 132 Å². The summed E-state index contributed by atoms with van der Waals surface area (Å²) in [4.78, 5) is 41.3. The van der Waals surface area contributed by atoms with Gasteiger partial charge in [-0.2, -0.15) is 0 Å². The van der Waals surface area contributed by atoms with E-state index in [2.05, 4.69) is 20.3 Å². The first-order valence-corrected chi connectivity index (χ1v) is 12.3. The molecule has 1 aliphatic heterocycles. The van der Waals surface area contributed by atoms with Gasteiger partial charge in [0.25, 0.3) is 11.8 Å². The predicted octanol–water partition coefficient (Wildman–Crippen LogP) is 4.48. The lowest BCUT2D eigenvalue weighted by Crippen LogP contribution is -2.30. The minimum atomic E-state index is -0.170. The smallest absolute Gasteiger partial charge is 0.268 e. The average molecular weight is 501 g/mol. The number of para-hydroxylation sites is 1. The molecule has 0 spiro atoms. The molecule has 0 fully saturated rings. The first kappa shape index (κ1) is 23.3. The van der Waals surface area contributed by atoms with Crippen LogP contribution in [0.4, 0.5) is 5.69 Å². The molecule has 3 aromatic heterocycles. The summed E-state index contributed by atoms with van der Waals surface area (Å²) >= 11 is 0. The van der Waals surface area contributed by atoms with Crippen LogP contribution in [0.25, 0.3) is 11.4 Å².